The lowest BCUT2D eigenvalue weighted by Gasteiger charge is -2.29. The highest BCUT2D eigenvalue weighted by atomic mass is 35.5. The first kappa shape index (κ1) is 15.0. The molecule has 0 atom stereocenters. The topological polar surface area (TPSA) is 53.2 Å². The number of fused-ring (bicyclic) bond motifs is 2. The SMILES string of the molecule is O=C(c1c[nH]c2cc(Cl)ccc2c1=O)N1CCCc2ccccc21. The second-order valence-corrected chi connectivity index (χ2v) is 6.35. The van der Waals surface area contributed by atoms with Crippen LogP contribution in [-0.2, 0) is 6.42 Å². The Bertz CT molecular complexity index is 1010. The molecule has 0 saturated carbocycles. The van der Waals surface area contributed by atoms with Crippen LogP contribution in [0.25, 0.3) is 10.9 Å². The average molecular weight is 339 g/mol. The Morgan fingerprint density at radius 2 is 2.00 bits per heavy atom. The number of rotatable bonds is 1. The number of benzene rings is 2. The normalized spacial score (nSPS) is 13.8. The summed E-state index contributed by atoms with van der Waals surface area (Å²) in [5.41, 5.74) is 2.54. The monoisotopic (exact) mass is 338 g/mol. The fourth-order valence-corrected chi connectivity index (χ4v) is 3.42. The molecule has 1 aromatic heterocycles. The number of para-hydroxylation sites is 1. The third-order valence-corrected chi connectivity index (χ3v) is 4.66. The number of H-pyrrole nitrogens is 1. The van der Waals surface area contributed by atoms with Crippen LogP contribution in [0.3, 0.4) is 0 Å². The average Bonchev–Trinajstić information content (AvgIpc) is 2.61. The van der Waals surface area contributed by atoms with Crippen LogP contribution in [0.4, 0.5) is 5.69 Å². The summed E-state index contributed by atoms with van der Waals surface area (Å²) < 4.78 is 0. The molecule has 3 aromatic rings. The molecule has 1 N–H and O–H groups in total. The Morgan fingerprint density at radius 3 is 2.88 bits per heavy atom. The fraction of sp³-hybridized carbons (Fsp3) is 0.158. The van der Waals surface area contributed by atoms with E-state index in [1.807, 2.05) is 24.3 Å². The fourth-order valence-electron chi connectivity index (χ4n) is 3.24. The van der Waals surface area contributed by atoms with Crippen LogP contribution in [0.5, 0.6) is 0 Å². The maximum absolute atomic E-state index is 13.0. The molecule has 0 unspecified atom stereocenters. The van der Waals surface area contributed by atoms with Crippen LogP contribution < -0.4 is 10.3 Å². The number of aryl methyl sites for hydroxylation is 1. The molecule has 2 heterocycles. The van der Waals surface area contributed by atoms with Crippen LogP contribution in [0.15, 0.2) is 53.5 Å². The summed E-state index contributed by atoms with van der Waals surface area (Å²) in [6.45, 7) is 0.619. The second-order valence-electron chi connectivity index (χ2n) is 5.91. The van der Waals surface area contributed by atoms with Crippen molar-refractivity contribution in [2.24, 2.45) is 0 Å². The Balaban J connectivity index is 1.81. The van der Waals surface area contributed by atoms with Gasteiger partial charge < -0.3 is 9.88 Å². The maximum Gasteiger partial charge on any atom is 0.263 e. The predicted molar refractivity (Wildman–Crippen MR) is 96.0 cm³/mol. The number of hydrogen-bond acceptors (Lipinski definition) is 2. The zero-order valence-corrected chi connectivity index (χ0v) is 13.6. The van der Waals surface area contributed by atoms with Crippen molar-refractivity contribution in [1.29, 1.82) is 0 Å². The molecule has 0 aliphatic carbocycles. The molecule has 0 spiro atoms. The van der Waals surface area contributed by atoms with Crippen molar-refractivity contribution in [3.8, 4) is 0 Å². The number of nitrogens with zero attached hydrogens (tertiary/aromatic N) is 1. The molecule has 0 radical (unpaired) electrons. The number of amides is 1. The summed E-state index contributed by atoms with van der Waals surface area (Å²) in [5, 5.41) is 1.01. The van der Waals surface area contributed by atoms with Gasteiger partial charge in [0.05, 0.1) is 5.52 Å². The van der Waals surface area contributed by atoms with Crippen LogP contribution in [-0.4, -0.2) is 17.4 Å². The van der Waals surface area contributed by atoms with Gasteiger partial charge in [0, 0.05) is 28.8 Å². The summed E-state index contributed by atoms with van der Waals surface area (Å²) in [5.74, 6) is -0.264. The Kier molecular flexibility index (Phi) is 3.62. The standard InChI is InChI=1S/C19H15ClN2O2/c20-13-7-8-14-16(10-13)21-11-15(18(14)23)19(24)22-9-3-5-12-4-1-2-6-17(12)22/h1-2,4,6-8,10-11H,3,5,9H2,(H,21,23). The molecule has 0 saturated heterocycles. The van der Waals surface area contributed by atoms with E-state index in [1.54, 1.807) is 23.1 Å². The van der Waals surface area contributed by atoms with Gasteiger partial charge in [-0.1, -0.05) is 29.8 Å². The van der Waals surface area contributed by atoms with Gasteiger partial charge in [0.2, 0.25) is 5.43 Å². The lowest BCUT2D eigenvalue weighted by molar-refractivity contribution is 0.0984. The zero-order chi connectivity index (χ0) is 16.7. The molecule has 0 bridgehead atoms. The number of carbonyl (C=O) groups is 1. The van der Waals surface area contributed by atoms with Gasteiger partial charge in [-0.05, 0) is 42.7 Å². The minimum Gasteiger partial charge on any atom is -0.360 e. The van der Waals surface area contributed by atoms with Gasteiger partial charge in [0.25, 0.3) is 5.91 Å². The van der Waals surface area contributed by atoms with Gasteiger partial charge in [-0.2, -0.15) is 0 Å². The molecule has 5 heteroatoms. The third kappa shape index (κ3) is 2.39. The quantitative estimate of drug-likeness (QED) is 0.734. The first-order chi connectivity index (χ1) is 11.6. The molecular formula is C19H15ClN2O2. The molecule has 4 nitrogen and oxygen atoms in total. The van der Waals surface area contributed by atoms with E-state index in [4.69, 9.17) is 11.6 Å². The van der Waals surface area contributed by atoms with E-state index >= 15 is 0 Å². The lowest BCUT2D eigenvalue weighted by Crippen LogP contribution is -2.38. The van der Waals surface area contributed by atoms with Crippen molar-refractivity contribution < 1.29 is 4.79 Å². The number of aromatic amines is 1. The highest BCUT2D eigenvalue weighted by molar-refractivity contribution is 6.31. The van der Waals surface area contributed by atoms with Crippen molar-refractivity contribution in [2.75, 3.05) is 11.4 Å². The highest BCUT2D eigenvalue weighted by Crippen LogP contribution is 2.27. The smallest absolute Gasteiger partial charge is 0.263 e. The summed E-state index contributed by atoms with van der Waals surface area (Å²) in [7, 11) is 0. The predicted octanol–water partition coefficient (Wildman–Crippen LogP) is 3.77. The Morgan fingerprint density at radius 1 is 1.17 bits per heavy atom. The Labute approximate surface area is 143 Å². The van der Waals surface area contributed by atoms with E-state index < -0.39 is 0 Å². The van der Waals surface area contributed by atoms with Crippen molar-refractivity contribution in [3.05, 3.63) is 75.0 Å². The van der Waals surface area contributed by atoms with Crippen LogP contribution in [0.2, 0.25) is 5.02 Å². The molecule has 1 amide bonds. The molecular weight excluding hydrogens is 324 g/mol. The molecule has 1 aliphatic heterocycles. The number of halogens is 1. The summed E-state index contributed by atoms with van der Waals surface area (Å²) in [6, 6.07) is 12.8. The van der Waals surface area contributed by atoms with E-state index in [9.17, 15) is 9.59 Å². The third-order valence-electron chi connectivity index (χ3n) is 4.43. The molecule has 1 aliphatic rings. The van der Waals surface area contributed by atoms with Crippen LogP contribution >= 0.6 is 11.6 Å². The number of hydrogen-bond donors (Lipinski definition) is 1. The zero-order valence-electron chi connectivity index (χ0n) is 12.9. The van der Waals surface area contributed by atoms with Crippen molar-refractivity contribution in [2.45, 2.75) is 12.8 Å². The van der Waals surface area contributed by atoms with Crippen molar-refractivity contribution in [1.82, 2.24) is 4.98 Å². The molecule has 0 fully saturated rings. The number of anilines is 1. The van der Waals surface area contributed by atoms with E-state index in [2.05, 4.69) is 4.98 Å². The largest absolute Gasteiger partial charge is 0.360 e. The van der Waals surface area contributed by atoms with E-state index in [-0.39, 0.29) is 16.9 Å². The Hall–Kier alpha value is -2.59. The van der Waals surface area contributed by atoms with Crippen LogP contribution in [0.1, 0.15) is 22.3 Å². The minimum absolute atomic E-state index is 0.154. The maximum atomic E-state index is 13.0. The van der Waals surface area contributed by atoms with Crippen molar-refractivity contribution in [3.63, 3.8) is 0 Å². The second kappa shape index (κ2) is 5.80. The highest BCUT2D eigenvalue weighted by Gasteiger charge is 2.25. The van der Waals surface area contributed by atoms with E-state index in [0.717, 1.165) is 24.1 Å². The van der Waals surface area contributed by atoms with Gasteiger partial charge >= 0.3 is 0 Å². The number of aromatic nitrogens is 1. The summed E-state index contributed by atoms with van der Waals surface area (Å²) in [6.07, 6.45) is 3.33. The number of nitrogens with one attached hydrogen (secondary N) is 1. The van der Waals surface area contributed by atoms with Gasteiger partial charge in [-0.25, -0.2) is 0 Å². The molecule has 120 valence electrons. The van der Waals surface area contributed by atoms with Gasteiger partial charge in [-0.15, -0.1) is 0 Å². The molecule has 4 rings (SSSR count). The first-order valence-corrected chi connectivity index (χ1v) is 8.23. The van der Waals surface area contributed by atoms with Gasteiger partial charge in [-0.3, -0.25) is 9.59 Å². The molecule has 2 aromatic carbocycles. The summed E-state index contributed by atoms with van der Waals surface area (Å²) in [4.78, 5) is 30.4. The number of carbonyl (C=O) groups excluding carboxylic acids is 1. The molecule has 24 heavy (non-hydrogen) atoms. The van der Waals surface area contributed by atoms with Gasteiger partial charge in [0.15, 0.2) is 0 Å². The first-order valence-electron chi connectivity index (χ1n) is 7.86. The van der Waals surface area contributed by atoms with E-state index in [1.165, 1.54) is 6.20 Å². The van der Waals surface area contributed by atoms with Gasteiger partial charge in [0.1, 0.15) is 5.56 Å². The van der Waals surface area contributed by atoms with Crippen molar-refractivity contribution >= 4 is 34.1 Å². The van der Waals surface area contributed by atoms with E-state index in [0.29, 0.717) is 22.5 Å². The van der Waals surface area contributed by atoms with Crippen LogP contribution in [0, 0.1) is 0 Å². The lowest BCUT2D eigenvalue weighted by atomic mass is 10.0. The minimum atomic E-state index is -0.270. The summed E-state index contributed by atoms with van der Waals surface area (Å²) >= 11 is 5.95. The number of pyridine rings is 1.